The lowest BCUT2D eigenvalue weighted by atomic mass is 10.3. The smallest absolute Gasteiger partial charge is 0.227 e. The monoisotopic (exact) mass is 416 g/mol. The van der Waals surface area contributed by atoms with Crippen molar-refractivity contribution < 1.29 is 9.53 Å². The Bertz CT molecular complexity index is 649. The van der Waals surface area contributed by atoms with E-state index in [0.717, 1.165) is 3.57 Å². The summed E-state index contributed by atoms with van der Waals surface area (Å²) in [5, 5.41) is 3.28. The number of amides is 1. The summed E-state index contributed by atoms with van der Waals surface area (Å²) in [6, 6.07) is 12.5. The molecule has 0 unspecified atom stereocenters. The van der Waals surface area contributed by atoms with Crippen LogP contribution in [0, 0.1) is 3.57 Å². The average Bonchev–Trinajstić information content (AvgIpc) is 2.42. The second kappa shape index (κ2) is 7.51. The van der Waals surface area contributed by atoms with Crippen LogP contribution >= 0.6 is 34.2 Å². The van der Waals surface area contributed by atoms with Gasteiger partial charge in [0.2, 0.25) is 5.91 Å². The molecule has 3 N–H and O–H groups in total. The maximum atomic E-state index is 11.8. The summed E-state index contributed by atoms with van der Waals surface area (Å²) in [6.45, 7) is 0.275. The predicted molar refractivity (Wildman–Crippen MR) is 93.8 cm³/mol. The van der Waals surface area contributed by atoms with Crippen LogP contribution in [0.25, 0.3) is 0 Å². The van der Waals surface area contributed by atoms with Crippen molar-refractivity contribution >= 4 is 51.5 Å². The van der Waals surface area contributed by atoms with Crippen LogP contribution in [0.5, 0.6) is 5.75 Å². The van der Waals surface area contributed by atoms with E-state index < -0.39 is 0 Å². The average molecular weight is 417 g/mol. The summed E-state index contributed by atoms with van der Waals surface area (Å²) in [4.78, 5) is 11.8. The third-order valence-corrected chi connectivity index (χ3v) is 3.64. The number of ether oxygens (including phenoxy) is 1. The molecule has 2 aromatic rings. The number of hydrogen-bond acceptors (Lipinski definition) is 3. The number of carbonyl (C=O) groups is 1. The van der Waals surface area contributed by atoms with Gasteiger partial charge in [-0.2, -0.15) is 0 Å². The number of halogens is 2. The Morgan fingerprint density at radius 2 is 2.10 bits per heavy atom. The highest BCUT2D eigenvalue weighted by atomic mass is 127. The molecule has 0 atom stereocenters. The van der Waals surface area contributed by atoms with Gasteiger partial charge in [0.1, 0.15) is 5.75 Å². The minimum Gasteiger partial charge on any atom is -0.493 e. The van der Waals surface area contributed by atoms with Gasteiger partial charge in [0, 0.05) is 15.3 Å². The third-order valence-electron chi connectivity index (χ3n) is 2.66. The highest BCUT2D eigenvalue weighted by Crippen LogP contribution is 2.24. The molecular weight excluding hydrogens is 403 g/mol. The highest BCUT2D eigenvalue weighted by molar-refractivity contribution is 14.1. The first-order valence-electron chi connectivity index (χ1n) is 6.28. The zero-order valence-corrected chi connectivity index (χ0v) is 14.0. The molecule has 110 valence electrons. The molecule has 0 radical (unpaired) electrons. The van der Waals surface area contributed by atoms with E-state index in [1.807, 2.05) is 6.07 Å². The van der Waals surface area contributed by atoms with Crippen molar-refractivity contribution in [2.24, 2.45) is 0 Å². The number of benzene rings is 2. The summed E-state index contributed by atoms with van der Waals surface area (Å²) in [5.41, 5.74) is 6.88. The summed E-state index contributed by atoms with van der Waals surface area (Å²) >= 11 is 8.22. The van der Waals surface area contributed by atoms with E-state index >= 15 is 0 Å². The molecule has 0 aromatic heterocycles. The van der Waals surface area contributed by atoms with Crippen molar-refractivity contribution in [1.82, 2.24) is 0 Å². The molecule has 1 amide bonds. The lowest BCUT2D eigenvalue weighted by Crippen LogP contribution is -2.15. The fourth-order valence-electron chi connectivity index (χ4n) is 1.67. The molecule has 0 aliphatic heterocycles. The first-order valence-corrected chi connectivity index (χ1v) is 7.73. The molecule has 0 bridgehead atoms. The van der Waals surface area contributed by atoms with E-state index in [2.05, 4.69) is 27.9 Å². The van der Waals surface area contributed by atoms with Crippen molar-refractivity contribution in [2.75, 3.05) is 17.7 Å². The Morgan fingerprint density at radius 1 is 1.29 bits per heavy atom. The van der Waals surface area contributed by atoms with Crippen LogP contribution in [0.1, 0.15) is 6.42 Å². The number of nitrogen functional groups attached to an aromatic ring is 1. The van der Waals surface area contributed by atoms with E-state index in [9.17, 15) is 4.79 Å². The highest BCUT2D eigenvalue weighted by Gasteiger charge is 2.06. The lowest BCUT2D eigenvalue weighted by molar-refractivity contribution is -0.116. The maximum Gasteiger partial charge on any atom is 0.227 e. The first kappa shape index (κ1) is 15.9. The van der Waals surface area contributed by atoms with E-state index in [1.54, 1.807) is 36.4 Å². The largest absolute Gasteiger partial charge is 0.493 e. The number of carbonyl (C=O) groups excluding carboxylic acids is 1. The number of rotatable bonds is 5. The molecule has 6 heteroatoms. The molecule has 0 saturated heterocycles. The summed E-state index contributed by atoms with van der Waals surface area (Å²) in [7, 11) is 0. The Kier molecular flexibility index (Phi) is 5.69. The minimum atomic E-state index is -0.151. The molecule has 0 fully saturated rings. The molecular formula is C15H14ClIN2O2. The van der Waals surface area contributed by atoms with Gasteiger partial charge in [0.15, 0.2) is 0 Å². The zero-order valence-electron chi connectivity index (χ0n) is 11.1. The van der Waals surface area contributed by atoms with Gasteiger partial charge in [-0.05, 0) is 52.9 Å². The normalized spacial score (nSPS) is 10.2. The molecule has 4 nitrogen and oxygen atoms in total. The molecule has 21 heavy (non-hydrogen) atoms. The molecule has 2 aromatic carbocycles. The van der Waals surface area contributed by atoms with Crippen LogP contribution in [-0.2, 0) is 4.79 Å². The van der Waals surface area contributed by atoms with Gasteiger partial charge in [0.25, 0.3) is 0 Å². The van der Waals surface area contributed by atoms with Crippen LogP contribution < -0.4 is 15.8 Å². The number of hydrogen-bond donors (Lipinski definition) is 2. The minimum absolute atomic E-state index is 0.151. The Labute approximate surface area is 141 Å². The molecule has 0 saturated carbocycles. The van der Waals surface area contributed by atoms with Crippen LogP contribution in [0.3, 0.4) is 0 Å². The molecule has 0 heterocycles. The first-order chi connectivity index (χ1) is 10.0. The number of nitrogens with one attached hydrogen (secondary N) is 1. The van der Waals surface area contributed by atoms with Gasteiger partial charge in [0.05, 0.1) is 23.7 Å². The third kappa shape index (κ3) is 5.09. The topological polar surface area (TPSA) is 64.3 Å². The Balaban J connectivity index is 1.82. The van der Waals surface area contributed by atoms with Gasteiger partial charge in [-0.1, -0.05) is 17.7 Å². The second-order valence-electron chi connectivity index (χ2n) is 4.34. The predicted octanol–water partition coefficient (Wildman–Crippen LogP) is 3.93. The van der Waals surface area contributed by atoms with E-state index in [0.29, 0.717) is 22.1 Å². The summed E-state index contributed by atoms with van der Waals surface area (Å²) < 4.78 is 6.48. The molecule has 0 aliphatic rings. The van der Waals surface area contributed by atoms with Crippen LogP contribution in [-0.4, -0.2) is 12.5 Å². The quantitative estimate of drug-likeness (QED) is 0.573. The summed E-state index contributed by atoms with van der Waals surface area (Å²) in [5.74, 6) is 0.497. The summed E-state index contributed by atoms with van der Waals surface area (Å²) in [6.07, 6.45) is 0.233. The van der Waals surface area contributed by atoms with Crippen molar-refractivity contribution in [1.29, 1.82) is 0 Å². The van der Waals surface area contributed by atoms with Gasteiger partial charge >= 0.3 is 0 Å². The fourth-order valence-corrected chi connectivity index (χ4v) is 2.57. The van der Waals surface area contributed by atoms with Crippen LogP contribution in [0.4, 0.5) is 11.4 Å². The van der Waals surface area contributed by atoms with Crippen molar-refractivity contribution in [3.63, 3.8) is 0 Å². The van der Waals surface area contributed by atoms with Crippen LogP contribution in [0.15, 0.2) is 42.5 Å². The van der Waals surface area contributed by atoms with Gasteiger partial charge in [-0.25, -0.2) is 0 Å². The van der Waals surface area contributed by atoms with E-state index in [1.165, 1.54) is 0 Å². The fraction of sp³-hybridized carbons (Fsp3) is 0.133. The maximum absolute atomic E-state index is 11.8. The van der Waals surface area contributed by atoms with Crippen molar-refractivity contribution in [2.45, 2.75) is 6.42 Å². The SMILES string of the molecule is Nc1cccc(OCCC(=O)Nc2ccc(I)cc2Cl)c1. The van der Waals surface area contributed by atoms with E-state index in [4.69, 9.17) is 22.1 Å². The van der Waals surface area contributed by atoms with Crippen molar-refractivity contribution in [3.8, 4) is 5.75 Å². The van der Waals surface area contributed by atoms with Gasteiger partial charge in [-0.3, -0.25) is 4.79 Å². The number of nitrogens with two attached hydrogens (primary N) is 1. The Hall–Kier alpha value is -1.47. The lowest BCUT2D eigenvalue weighted by Gasteiger charge is -2.09. The Morgan fingerprint density at radius 3 is 2.81 bits per heavy atom. The van der Waals surface area contributed by atoms with Crippen LogP contribution in [0.2, 0.25) is 5.02 Å². The standard InChI is InChI=1S/C15H14ClIN2O2/c16-13-8-10(17)4-5-14(13)19-15(20)6-7-21-12-3-1-2-11(18)9-12/h1-5,8-9H,6-7,18H2,(H,19,20). The van der Waals surface area contributed by atoms with E-state index in [-0.39, 0.29) is 18.9 Å². The van der Waals surface area contributed by atoms with Gasteiger partial charge in [-0.15, -0.1) is 0 Å². The van der Waals surface area contributed by atoms with Gasteiger partial charge < -0.3 is 15.8 Å². The zero-order chi connectivity index (χ0) is 15.2. The molecule has 0 spiro atoms. The molecule has 0 aliphatic carbocycles. The second-order valence-corrected chi connectivity index (χ2v) is 6.00. The number of anilines is 2. The van der Waals surface area contributed by atoms with Crippen molar-refractivity contribution in [3.05, 3.63) is 51.1 Å². The molecule has 2 rings (SSSR count).